The predicted molar refractivity (Wildman–Crippen MR) is 79.6 cm³/mol. The molecule has 0 aromatic carbocycles. The van der Waals surface area contributed by atoms with Crippen LogP contribution in [0.4, 0.5) is 5.00 Å². The zero-order valence-corrected chi connectivity index (χ0v) is 13.0. The summed E-state index contributed by atoms with van der Waals surface area (Å²) in [5, 5.41) is 0.875. The van der Waals surface area contributed by atoms with Gasteiger partial charge < -0.3 is 10.5 Å². The van der Waals surface area contributed by atoms with Crippen LogP contribution in [0, 0.1) is 5.41 Å². The molecule has 1 heterocycles. The number of carbonyl (C=O) groups is 1. The van der Waals surface area contributed by atoms with E-state index < -0.39 is 0 Å². The molecule has 1 unspecified atom stereocenters. The summed E-state index contributed by atoms with van der Waals surface area (Å²) < 4.78 is 5.27. The van der Waals surface area contributed by atoms with Gasteiger partial charge in [-0.05, 0) is 42.7 Å². The fraction of sp³-hybridized carbons (Fsp3) is 0.667. The summed E-state index contributed by atoms with van der Waals surface area (Å²) in [6, 6.07) is 0. The van der Waals surface area contributed by atoms with Crippen molar-refractivity contribution >= 4 is 22.3 Å². The molecule has 4 heteroatoms. The van der Waals surface area contributed by atoms with Crippen LogP contribution in [0.2, 0.25) is 0 Å². The minimum atomic E-state index is -0.137. The molecule has 3 nitrogen and oxygen atoms in total. The van der Waals surface area contributed by atoms with Gasteiger partial charge in [-0.3, -0.25) is 4.79 Å². The quantitative estimate of drug-likeness (QED) is 0.863. The lowest BCUT2D eigenvalue weighted by atomic mass is 9.71. The van der Waals surface area contributed by atoms with Crippen molar-refractivity contribution in [1.29, 1.82) is 0 Å². The second-order valence-corrected chi connectivity index (χ2v) is 7.12. The number of thiophene rings is 1. The van der Waals surface area contributed by atoms with Gasteiger partial charge in [-0.25, -0.2) is 0 Å². The van der Waals surface area contributed by atoms with E-state index in [1.54, 1.807) is 11.3 Å². The van der Waals surface area contributed by atoms with Gasteiger partial charge in [0.15, 0.2) is 0 Å². The lowest BCUT2D eigenvalue weighted by Crippen LogP contribution is -2.30. The molecular weight excluding hydrogens is 258 g/mol. The summed E-state index contributed by atoms with van der Waals surface area (Å²) in [5.74, 6) is -0.230. The van der Waals surface area contributed by atoms with Crippen molar-refractivity contribution < 1.29 is 9.53 Å². The Morgan fingerprint density at radius 1 is 1.47 bits per heavy atom. The van der Waals surface area contributed by atoms with E-state index in [4.69, 9.17) is 10.5 Å². The highest BCUT2D eigenvalue weighted by Gasteiger charge is 2.39. The van der Waals surface area contributed by atoms with Crippen LogP contribution in [-0.2, 0) is 22.4 Å². The van der Waals surface area contributed by atoms with E-state index in [9.17, 15) is 4.79 Å². The molecule has 0 radical (unpaired) electrons. The van der Waals surface area contributed by atoms with Crippen molar-refractivity contribution in [3.63, 3.8) is 0 Å². The first-order valence-electron chi connectivity index (χ1n) is 6.96. The summed E-state index contributed by atoms with van der Waals surface area (Å²) in [6.07, 6.45) is 2.74. The molecule has 0 bridgehead atoms. The van der Waals surface area contributed by atoms with Gasteiger partial charge in [0.25, 0.3) is 0 Å². The Hall–Kier alpha value is -1.03. The van der Waals surface area contributed by atoms with Crippen molar-refractivity contribution in [2.75, 3.05) is 12.3 Å². The number of nitrogens with two attached hydrogens (primary N) is 1. The molecule has 0 aliphatic heterocycles. The molecule has 1 aliphatic carbocycles. The zero-order valence-electron chi connectivity index (χ0n) is 12.2. The van der Waals surface area contributed by atoms with E-state index >= 15 is 0 Å². The summed E-state index contributed by atoms with van der Waals surface area (Å²) in [4.78, 5) is 13.5. The van der Waals surface area contributed by atoms with Crippen molar-refractivity contribution in [3.8, 4) is 0 Å². The summed E-state index contributed by atoms with van der Waals surface area (Å²) in [7, 11) is 0. The van der Waals surface area contributed by atoms with E-state index in [2.05, 4.69) is 20.8 Å². The topological polar surface area (TPSA) is 52.3 Å². The number of carbonyl (C=O) groups excluding carboxylic acids is 1. The second kappa shape index (κ2) is 5.16. The highest BCUT2D eigenvalue weighted by Crippen LogP contribution is 2.49. The van der Waals surface area contributed by atoms with Gasteiger partial charge in [0.2, 0.25) is 0 Å². The van der Waals surface area contributed by atoms with Crippen molar-refractivity contribution in [1.82, 2.24) is 0 Å². The number of fused-ring (bicyclic) bond motifs is 1. The van der Waals surface area contributed by atoms with E-state index in [0.717, 1.165) is 29.8 Å². The largest absolute Gasteiger partial charge is 0.466 e. The summed E-state index contributed by atoms with van der Waals surface area (Å²) in [6.45, 7) is 8.82. The van der Waals surface area contributed by atoms with Crippen LogP contribution in [0.3, 0.4) is 0 Å². The Labute approximate surface area is 119 Å². The first-order chi connectivity index (χ1) is 8.89. The Bertz CT molecular complexity index is 491. The normalized spacial score (nSPS) is 20.9. The van der Waals surface area contributed by atoms with Gasteiger partial charge in [0.1, 0.15) is 0 Å². The first kappa shape index (κ1) is 14.4. The number of rotatable bonds is 3. The van der Waals surface area contributed by atoms with Gasteiger partial charge in [0.05, 0.1) is 17.5 Å². The van der Waals surface area contributed by atoms with E-state index in [1.165, 1.54) is 10.4 Å². The summed E-state index contributed by atoms with van der Waals surface area (Å²) >= 11 is 1.65. The number of ether oxygens (including phenoxy) is 1. The molecule has 19 heavy (non-hydrogen) atoms. The molecule has 1 aliphatic rings. The van der Waals surface area contributed by atoms with Crippen LogP contribution in [0.1, 0.15) is 56.0 Å². The van der Waals surface area contributed by atoms with E-state index in [1.807, 2.05) is 6.92 Å². The maximum absolute atomic E-state index is 12.3. The lowest BCUT2D eigenvalue weighted by molar-refractivity contribution is -0.146. The standard InChI is InChI=1S/C15H23NO2S/c1-5-9-12-10(14(17)18-6-2)7-15(3,4)8-11(12)19-13(9)16/h10H,5-8,16H2,1-4H3. The van der Waals surface area contributed by atoms with E-state index in [0.29, 0.717) is 6.61 Å². The molecule has 0 fully saturated rings. The van der Waals surface area contributed by atoms with Crippen LogP contribution in [0.15, 0.2) is 0 Å². The SMILES string of the molecule is CCOC(=O)C1CC(C)(C)Cc2sc(N)c(CC)c21. The zero-order chi connectivity index (χ0) is 14.2. The third-order valence-electron chi connectivity index (χ3n) is 3.83. The number of anilines is 1. The maximum Gasteiger partial charge on any atom is 0.313 e. The Balaban J connectivity index is 2.48. The molecule has 0 amide bonds. The molecule has 0 spiro atoms. The third kappa shape index (κ3) is 2.64. The van der Waals surface area contributed by atoms with Crippen LogP contribution in [0.5, 0.6) is 0 Å². The van der Waals surface area contributed by atoms with Gasteiger partial charge >= 0.3 is 5.97 Å². The molecule has 1 atom stereocenters. The average Bonchev–Trinajstić information content (AvgIpc) is 2.61. The molecule has 106 valence electrons. The highest BCUT2D eigenvalue weighted by atomic mass is 32.1. The van der Waals surface area contributed by atoms with Gasteiger partial charge in [-0.1, -0.05) is 20.8 Å². The molecule has 0 saturated heterocycles. The Kier molecular flexibility index (Phi) is 3.90. The van der Waals surface area contributed by atoms with Gasteiger partial charge in [-0.15, -0.1) is 11.3 Å². The second-order valence-electron chi connectivity index (χ2n) is 5.99. The molecule has 0 saturated carbocycles. The summed E-state index contributed by atoms with van der Waals surface area (Å²) in [5.41, 5.74) is 8.58. The Morgan fingerprint density at radius 3 is 2.74 bits per heavy atom. The van der Waals surface area contributed by atoms with Gasteiger partial charge in [0, 0.05) is 4.88 Å². The Morgan fingerprint density at radius 2 is 2.16 bits per heavy atom. The van der Waals surface area contributed by atoms with Crippen LogP contribution < -0.4 is 5.73 Å². The number of hydrogen-bond donors (Lipinski definition) is 1. The fourth-order valence-electron chi connectivity index (χ4n) is 3.06. The molecular formula is C15H23NO2S. The monoisotopic (exact) mass is 281 g/mol. The molecule has 1 aromatic rings. The maximum atomic E-state index is 12.3. The minimum Gasteiger partial charge on any atom is -0.466 e. The van der Waals surface area contributed by atoms with E-state index in [-0.39, 0.29) is 17.3 Å². The fourth-order valence-corrected chi connectivity index (χ4v) is 4.54. The van der Waals surface area contributed by atoms with Crippen LogP contribution in [0.25, 0.3) is 0 Å². The van der Waals surface area contributed by atoms with Crippen LogP contribution >= 0.6 is 11.3 Å². The van der Waals surface area contributed by atoms with Crippen LogP contribution in [-0.4, -0.2) is 12.6 Å². The lowest BCUT2D eigenvalue weighted by Gasteiger charge is -2.34. The minimum absolute atomic E-state index is 0.0935. The number of hydrogen-bond acceptors (Lipinski definition) is 4. The van der Waals surface area contributed by atoms with Crippen molar-refractivity contribution in [3.05, 3.63) is 16.0 Å². The molecule has 1 aromatic heterocycles. The van der Waals surface area contributed by atoms with Crippen molar-refractivity contribution in [2.24, 2.45) is 5.41 Å². The molecule has 2 rings (SSSR count). The predicted octanol–water partition coefficient (Wildman–Crippen LogP) is 3.51. The highest BCUT2D eigenvalue weighted by molar-refractivity contribution is 7.16. The smallest absolute Gasteiger partial charge is 0.313 e. The number of nitrogen functional groups attached to an aromatic ring is 1. The third-order valence-corrected chi connectivity index (χ3v) is 4.90. The number of esters is 1. The molecule has 2 N–H and O–H groups in total. The van der Waals surface area contributed by atoms with Gasteiger partial charge in [-0.2, -0.15) is 0 Å². The average molecular weight is 281 g/mol. The van der Waals surface area contributed by atoms with Crippen molar-refractivity contribution in [2.45, 2.75) is 52.9 Å². The first-order valence-corrected chi connectivity index (χ1v) is 7.77.